The van der Waals surface area contributed by atoms with Crippen LogP contribution in [0.25, 0.3) is 0 Å². The van der Waals surface area contributed by atoms with Crippen LogP contribution >= 0.6 is 0 Å². The van der Waals surface area contributed by atoms with E-state index in [9.17, 15) is 9.50 Å². The van der Waals surface area contributed by atoms with Gasteiger partial charge in [0.1, 0.15) is 17.3 Å². The van der Waals surface area contributed by atoms with E-state index < -0.39 is 6.10 Å². The first-order valence-electron chi connectivity index (χ1n) is 6.72. The number of aliphatic hydroxyl groups is 1. The summed E-state index contributed by atoms with van der Waals surface area (Å²) in [7, 11) is 0. The van der Waals surface area contributed by atoms with Gasteiger partial charge in [0.25, 0.3) is 0 Å². The predicted octanol–water partition coefficient (Wildman–Crippen LogP) is 4.79. The summed E-state index contributed by atoms with van der Waals surface area (Å²) in [5.74, 6) is 1.18. The summed E-state index contributed by atoms with van der Waals surface area (Å²) in [6.45, 7) is 5.81. The molecule has 2 aromatic carbocycles. The normalized spacial score (nSPS) is 12.5. The maximum Gasteiger partial charge on any atom is 0.133 e. The first-order chi connectivity index (χ1) is 9.47. The van der Waals surface area contributed by atoms with Gasteiger partial charge < -0.3 is 9.84 Å². The molecule has 2 nitrogen and oxygen atoms in total. The van der Waals surface area contributed by atoms with Gasteiger partial charge in [-0.15, -0.1) is 0 Å². The molecule has 20 heavy (non-hydrogen) atoms. The van der Waals surface area contributed by atoms with Crippen molar-refractivity contribution in [2.75, 3.05) is 0 Å². The molecular weight excluding hydrogens is 255 g/mol. The Kier molecular flexibility index (Phi) is 4.40. The topological polar surface area (TPSA) is 29.5 Å². The molecule has 0 aliphatic heterocycles. The first-order valence-corrected chi connectivity index (χ1v) is 6.72. The highest BCUT2D eigenvalue weighted by Gasteiger charge is 2.12. The predicted molar refractivity (Wildman–Crippen MR) is 77.6 cm³/mol. The van der Waals surface area contributed by atoms with E-state index in [1.165, 1.54) is 17.7 Å². The van der Waals surface area contributed by atoms with E-state index >= 15 is 0 Å². The van der Waals surface area contributed by atoms with E-state index in [0.29, 0.717) is 23.0 Å². The van der Waals surface area contributed by atoms with Crippen LogP contribution in [0.15, 0.2) is 42.5 Å². The Labute approximate surface area is 118 Å². The molecule has 0 amide bonds. The van der Waals surface area contributed by atoms with Gasteiger partial charge in [0, 0.05) is 5.56 Å². The number of rotatable bonds is 4. The molecule has 0 unspecified atom stereocenters. The smallest absolute Gasteiger partial charge is 0.133 e. The molecule has 0 saturated carbocycles. The molecular formula is C17H19FO2. The molecule has 3 heteroatoms. The number of aliphatic hydroxyl groups excluding tert-OH is 1. The maximum atomic E-state index is 13.2. The van der Waals surface area contributed by atoms with Crippen LogP contribution in [0, 0.1) is 5.82 Å². The summed E-state index contributed by atoms with van der Waals surface area (Å²) in [6.07, 6.45) is -0.783. The minimum Gasteiger partial charge on any atom is -0.457 e. The number of benzene rings is 2. The fourth-order valence-corrected chi connectivity index (χ4v) is 2.00. The minimum atomic E-state index is -0.783. The largest absolute Gasteiger partial charge is 0.457 e. The summed E-state index contributed by atoms with van der Waals surface area (Å²) < 4.78 is 19.0. The lowest BCUT2D eigenvalue weighted by atomic mass is 10.0. The van der Waals surface area contributed by atoms with Crippen molar-refractivity contribution in [2.24, 2.45) is 0 Å². The molecule has 0 radical (unpaired) electrons. The molecule has 0 aromatic heterocycles. The molecule has 1 atom stereocenters. The molecule has 0 heterocycles. The minimum absolute atomic E-state index is 0.385. The molecule has 2 aromatic rings. The van der Waals surface area contributed by atoms with Crippen molar-refractivity contribution in [3.63, 3.8) is 0 Å². The molecule has 0 bridgehead atoms. The van der Waals surface area contributed by atoms with Gasteiger partial charge in [0.15, 0.2) is 0 Å². The highest BCUT2D eigenvalue weighted by molar-refractivity contribution is 5.40. The second kappa shape index (κ2) is 6.06. The van der Waals surface area contributed by atoms with Crippen molar-refractivity contribution in [1.82, 2.24) is 0 Å². The van der Waals surface area contributed by atoms with E-state index in [0.717, 1.165) is 0 Å². The number of hydrogen-bond acceptors (Lipinski definition) is 2. The number of ether oxygens (including phenoxy) is 1. The van der Waals surface area contributed by atoms with Crippen LogP contribution in [0.3, 0.4) is 0 Å². The van der Waals surface area contributed by atoms with Crippen molar-refractivity contribution >= 4 is 0 Å². The lowest BCUT2D eigenvalue weighted by Crippen LogP contribution is -1.97. The summed E-state index contributed by atoms with van der Waals surface area (Å²) in [4.78, 5) is 0. The molecule has 0 fully saturated rings. The van der Waals surface area contributed by atoms with Gasteiger partial charge in [-0.2, -0.15) is 0 Å². The second-order valence-electron chi connectivity index (χ2n) is 5.19. The van der Waals surface area contributed by atoms with Crippen LogP contribution < -0.4 is 4.74 Å². The lowest BCUT2D eigenvalue weighted by molar-refractivity contribution is 0.195. The van der Waals surface area contributed by atoms with Gasteiger partial charge in [-0.05, 0) is 48.7 Å². The Hall–Kier alpha value is -1.87. The van der Waals surface area contributed by atoms with E-state index in [4.69, 9.17) is 4.74 Å². The molecule has 0 aliphatic carbocycles. The van der Waals surface area contributed by atoms with Crippen molar-refractivity contribution in [1.29, 1.82) is 0 Å². The zero-order valence-electron chi connectivity index (χ0n) is 11.9. The highest BCUT2D eigenvalue weighted by atomic mass is 19.1. The third kappa shape index (κ3) is 3.36. The Morgan fingerprint density at radius 2 is 1.80 bits per heavy atom. The zero-order valence-corrected chi connectivity index (χ0v) is 11.9. The van der Waals surface area contributed by atoms with Gasteiger partial charge in [0.05, 0.1) is 6.10 Å². The average Bonchev–Trinajstić information content (AvgIpc) is 2.41. The molecule has 0 spiro atoms. The Balaban J connectivity index is 2.32. The van der Waals surface area contributed by atoms with Crippen molar-refractivity contribution in [3.05, 3.63) is 59.4 Å². The zero-order chi connectivity index (χ0) is 14.7. The van der Waals surface area contributed by atoms with Gasteiger partial charge in [0.2, 0.25) is 0 Å². The van der Waals surface area contributed by atoms with Gasteiger partial charge >= 0.3 is 0 Å². The Morgan fingerprint density at radius 1 is 1.05 bits per heavy atom. The fraction of sp³-hybridized carbons (Fsp3) is 0.294. The molecule has 106 valence electrons. The monoisotopic (exact) mass is 274 g/mol. The SMILES string of the molecule is CC(C)c1cccc(Oc2ccc(F)cc2[C@@H](C)O)c1. The summed E-state index contributed by atoms with van der Waals surface area (Å²) >= 11 is 0. The van der Waals surface area contributed by atoms with Crippen molar-refractivity contribution in [3.8, 4) is 11.5 Å². The first kappa shape index (κ1) is 14.5. The van der Waals surface area contributed by atoms with Crippen LogP contribution in [0.4, 0.5) is 4.39 Å². The van der Waals surface area contributed by atoms with Crippen LogP contribution in [0.1, 0.15) is 43.9 Å². The standard InChI is InChI=1S/C17H19FO2/c1-11(2)13-5-4-6-15(9-13)20-17-8-7-14(18)10-16(17)12(3)19/h4-12,19H,1-3H3/t12-/m1/s1. The quantitative estimate of drug-likeness (QED) is 0.868. The average molecular weight is 274 g/mol. The summed E-state index contributed by atoms with van der Waals surface area (Å²) in [5, 5.41) is 9.70. The van der Waals surface area contributed by atoms with Gasteiger partial charge in [-0.25, -0.2) is 4.39 Å². The molecule has 0 saturated heterocycles. The van der Waals surface area contributed by atoms with E-state index in [1.807, 2.05) is 24.3 Å². The van der Waals surface area contributed by atoms with Crippen molar-refractivity contribution < 1.29 is 14.2 Å². The maximum absolute atomic E-state index is 13.2. The van der Waals surface area contributed by atoms with E-state index in [-0.39, 0.29) is 5.82 Å². The van der Waals surface area contributed by atoms with Crippen LogP contribution in [0.2, 0.25) is 0 Å². The fourth-order valence-electron chi connectivity index (χ4n) is 2.00. The Morgan fingerprint density at radius 3 is 2.45 bits per heavy atom. The lowest BCUT2D eigenvalue weighted by Gasteiger charge is -2.14. The van der Waals surface area contributed by atoms with Crippen molar-refractivity contribution in [2.45, 2.75) is 32.8 Å². The molecule has 0 aliphatic rings. The molecule has 2 rings (SSSR count). The summed E-state index contributed by atoms with van der Waals surface area (Å²) in [5.41, 5.74) is 1.61. The molecule has 1 N–H and O–H groups in total. The van der Waals surface area contributed by atoms with Crippen LogP contribution in [-0.2, 0) is 0 Å². The third-order valence-electron chi connectivity index (χ3n) is 3.17. The highest BCUT2D eigenvalue weighted by Crippen LogP contribution is 2.31. The van der Waals surface area contributed by atoms with E-state index in [1.54, 1.807) is 13.0 Å². The summed E-state index contributed by atoms with van der Waals surface area (Å²) in [6, 6.07) is 11.9. The third-order valence-corrected chi connectivity index (χ3v) is 3.17. The Bertz CT molecular complexity index is 591. The number of hydrogen-bond donors (Lipinski definition) is 1. The van der Waals surface area contributed by atoms with E-state index in [2.05, 4.69) is 13.8 Å². The van der Waals surface area contributed by atoms with Gasteiger partial charge in [-0.3, -0.25) is 0 Å². The number of halogens is 1. The van der Waals surface area contributed by atoms with Gasteiger partial charge in [-0.1, -0.05) is 26.0 Å². The van der Waals surface area contributed by atoms with Crippen LogP contribution in [0.5, 0.6) is 11.5 Å². The van der Waals surface area contributed by atoms with Crippen LogP contribution in [-0.4, -0.2) is 5.11 Å². The second-order valence-corrected chi connectivity index (χ2v) is 5.19.